The molecule has 0 atom stereocenters. The average Bonchev–Trinajstić information content (AvgIpc) is 2.56. The normalized spacial score (nSPS) is 10.0. The minimum absolute atomic E-state index is 0.717. The summed E-state index contributed by atoms with van der Waals surface area (Å²) in [6.07, 6.45) is 1.58. The maximum Gasteiger partial charge on any atom is 0.293 e. The van der Waals surface area contributed by atoms with Crippen LogP contribution in [0, 0.1) is 0 Å². The van der Waals surface area contributed by atoms with Crippen LogP contribution in [-0.4, -0.2) is 15.5 Å². The predicted molar refractivity (Wildman–Crippen MR) is 42.3 cm³/mol. The summed E-state index contributed by atoms with van der Waals surface area (Å²) in [4.78, 5) is 0. The standard InChI is InChI=1S/C7H7N5/c8-6-2-1-3-7(4-6)12-5-9-10-11-12/h1-5H,8H2/p+1. The van der Waals surface area contributed by atoms with Crippen molar-refractivity contribution in [3.63, 3.8) is 0 Å². The van der Waals surface area contributed by atoms with Gasteiger partial charge < -0.3 is 5.73 Å². The summed E-state index contributed by atoms with van der Waals surface area (Å²) < 4.78 is 1.68. The number of aromatic nitrogens is 4. The Kier molecular flexibility index (Phi) is 1.48. The molecule has 0 spiro atoms. The molecule has 0 aliphatic heterocycles. The number of nitrogen functional groups attached to an aromatic ring is 1. The van der Waals surface area contributed by atoms with Crippen LogP contribution in [0.5, 0.6) is 0 Å². The van der Waals surface area contributed by atoms with Gasteiger partial charge in [0.25, 0.3) is 6.33 Å². The maximum absolute atomic E-state index is 5.60. The SMILES string of the molecule is Nc1cccc(-[n+]2cnn[nH]2)c1. The molecule has 1 aromatic heterocycles. The molecule has 0 amide bonds. The molecule has 5 nitrogen and oxygen atoms in total. The monoisotopic (exact) mass is 162 g/mol. The smallest absolute Gasteiger partial charge is 0.293 e. The van der Waals surface area contributed by atoms with Crippen molar-refractivity contribution in [1.82, 2.24) is 15.5 Å². The van der Waals surface area contributed by atoms with E-state index >= 15 is 0 Å². The van der Waals surface area contributed by atoms with Gasteiger partial charge in [0.15, 0.2) is 5.21 Å². The minimum atomic E-state index is 0.717. The number of benzene rings is 1. The summed E-state index contributed by atoms with van der Waals surface area (Å²) in [5.41, 5.74) is 7.23. The fourth-order valence-corrected chi connectivity index (χ4v) is 0.976. The summed E-state index contributed by atoms with van der Waals surface area (Å²) >= 11 is 0. The van der Waals surface area contributed by atoms with Crippen LogP contribution in [-0.2, 0) is 0 Å². The van der Waals surface area contributed by atoms with E-state index in [0.717, 1.165) is 11.4 Å². The van der Waals surface area contributed by atoms with Gasteiger partial charge in [0.2, 0.25) is 0 Å². The Morgan fingerprint density at radius 1 is 1.42 bits per heavy atom. The van der Waals surface area contributed by atoms with Crippen molar-refractivity contribution in [3.8, 4) is 5.69 Å². The lowest BCUT2D eigenvalue weighted by molar-refractivity contribution is -0.660. The molecule has 0 unspecified atom stereocenters. The Bertz CT molecular complexity index is 367. The van der Waals surface area contributed by atoms with Crippen molar-refractivity contribution < 1.29 is 4.68 Å². The van der Waals surface area contributed by atoms with Crippen LogP contribution in [0.4, 0.5) is 5.69 Å². The van der Waals surface area contributed by atoms with Gasteiger partial charge in [-0.05, 0) is 12.1 Å². The van der Waals surface area contributed by atoms with Gasteiger partial charge in [0.1, 0.15) is 10.8 Å². The van der Waals surface area contributed by atoms with E-state index in [2.05, 4.69) is 15.5 Å². The van der Waals surface area contributed by atoms with Crippen LogP contribution in [0.1, 0.15) is 0 Å². The zero-order valence-electron chi connectivity index (χ0n) is 6.31. The van der Waals surface area contributed by atoms with Crippen LogP contribution >= 0.6 is 0 Å². The van der Waals surface area contributed by atoms with Gasteiger partial charge in [0.05, 0.1) is 0 Å². The van der Waals surface area contributed by atoms with Gasteiger partial charge in [-0.15, -0.1) is 4.68 Å². The molecule has 1 heterocycles. The summed E-state index contributed by atoms with van der Waals surface area (Å²) in [5, 5.41) is 9.90. The van der Waals surface area contributed by atoms with Crippen molar-refractivity contribution in [3.05, 3.63) is 30.6 Å². The highest BCUT2D eigenvalue weighted by Crippen LogP contribution is 2.04. The molecule has 0 saturated heterocycles. The molecule has 0 saturated carbocycles. The zero-order chi connectivity index (χ0) is 8.39. The van der Waals surface area contributed by atoms with E-state index in [4.69, 9.17) is 5.73 Å². The van der Waals surface area contributed by atoms with Crippen molar-refractivity contribution in [2.45, 2.75) is 0 Å². The fourth-order valence-electron chi connectivity index (χ4n) is 0.976. The summed E-state index contributed by atoms with van der Waals surface area (Å²) in [5.74, 6) is 0. The second-order valence-corrected chi connectivity index (χ2v) is 2.40. The van der Waals surface area contributed by atoms with Gasteiger partial charge >= 0.3 is 0 Å². The second kappa shape index (κ2) is 2.61. The number of tetrazole rings is 1. The highest BCUT2D eigenvalue weighted by atomic mass is 15.5. The van der Waals surface area contributed by atoms with E-state index in [9.17, 15) is 0 Å². The van der Waals surface area contributed by atoms with E-state index in [1.54, 1.807) is 11.0 Å². The topological polar surface area (TPSA) is 71.5 Å². The number of anilines is 1. The number of nitrogens with two attached hydrogens (primary N) is 1. The first kappa shape index (κ1) is 6.78. The van der Waals surface area contributed by atoms with Crippen LogP contribution < -0.4 is 10.4 Å². The minimum Gasteiger partial charge on any atom is -0.399 e. The third-order valence-corrected chi connectivity index (χ3v) is 1.53. The number of aromatic amines is 1. The Morgan fingerprint density at radius 3 is 3.00 bits per heavy atom. The second-order valence-electron chi connectivity index (χ2n) is 2.40. The summed E-state index contributed by atoms with van der Waals surface area (Å²) in [6, 6.07) is 7.45. The van der Waals surface area contributed by atoms with Crippen LogP contribution in [0.25, 0.3) is 5.69 Å². The molecule has 60 valence electrons. The average molecular weight is 162 g/mol. The Hall–Kier alpha value is -1.91. The van der Waals surface area contributed by atoms with Gasteiger partial charge in [-0.3, -0.25) is 0 Å². The first-order valence-corrected chi connectivity index (χ1v) is 3.50. The molecular weight excluding hydrogens is 154 g/mol. The number of rotatable bonds is 1. The first-order valence-electron chi connectivity index (χ1n) is 3.50. The zero-order valence-corrected chi connectivity index (χ0v) is 6.31. The number of nitrogens with one attached hydrogen (secondary N) is 1. The first-order chi connectivity index (χ1) is 5.86. The molecule has 0 radical (unpaired) electrons. The Labute approximate surface area is 68.8 Å². The molecule has 12 heavy (non-hydrogen) atoms. The third-order valence-electron chi connectivity index (χ3n) is 1.53. The molecule has 2 rings (SSSR count). The highest BCUT2D eigenvalue weighted by Gasteiger charge is 2.01. The lowest BCUT2D eigenvalue weighted by Crippen LogP contribution is -2.31. The summed E-state index contributed by atoms with van der Waals surface area (Å²) in [6.45, 7) is 0. The Balaban J connectivity index is 2.48. The molecule has 1 aromatic carbocycles. The van der Waals surface area contributed by atoms with E-state index < -0.39 is 0 Å². The molecule has 0 aliphatic rings. The van der Waals surface area contributed by atoms with Crippen molar-refractivity contribution in [1.29, 1.82) is 0 Å². The largest absolute Gasteiger partial charge is 0.399 e. The molecule has 0 fully saturated rings. The van der Waals surface area contributed by atoms with Crippen molar-refractivity contribution >= 4 is 5.69 Å². The lowest BCUT2D eigenvalue weighted by Gasteiger charge is -1.95. The van der Waals surface area contributed by atoms with Crippen LogP contribution in [0.3, 0.4) is 0 Å². The number of hydrogen-bond donors (Lipinski definition) is 2. The molecule has 2 aromatic rings. The lowest BCUT2D eigenvalue weighted by atomic mass is 10.3. The molecule has 0 aliphatic carbocycles. The van der Waals surface area contributed by atoms with E-state index in [0.29, 0.717) is 0 Å². The predicted octanol–water partition coefficient (Wildman–Crippen LogP) is -0.336. The van der Waals surface area contributed by atoms with E-state index in [-0.39, 0.29) is 0 Å². The number of H-pyrrole nitrogens is 1. The maximum atomic E-state index is 5.60. The number of hydrogen-bond acceptors (Lipinski definition) is 3. The van der Waals surface area contributed by atoms with Crippen LogP contribution in [0.2, 0.25) is 0 Å². The number of nitrogens with zero attached hydrogens (tertiary/aromatic N) is 3. The van der Waals surface area contributed by atoms with Gasteiger partial charge in [-0.25, -0.2) is 0 Å². The summed E-state index contributed by atoms with van der Waals surface area (Å²) in [7, 11) is 0. The van der Waals surface area contributed by atoms with E-state index in [1.165, 1.54) is 0 Å². The molecule has 3 N–H and O–H groups in total. The Morgan fingerprint density at radius 2 is 2.33 bits per heavy atom. The molecule has 5 heteroatoms. The molecular formula is C7H8N5+. The van der Waals surface area contributed by atoms with Gasteiger partial charge in [-0.1, -0.05) is 11.3 Å². The third kappa shape index (κ3) is 1.12. The highest BCUT2D eigenvalue weighted by molar-refractivity contribution is 5.43. The van der Waals surface area contributed by atoms with E-state index in [1.807, 2.05) is 24.3 Å². The quantitative estimate of drug-likeness (QED) is 0.445. The van der Waals surface area contributed by atoms with Crippen LogP contribution in [0.15, 0.2) is 30.6 Å². The fraction of sp³-hybridized carbons (Fsp3) is 0. The van der Waals surface area contributed by atoms with Crippen molar-refractivity contribution in [2.24, 2.45) is 0 Å². The van der Waals surface area contributed by atoms with Crippen molar-refractivity contribution in [2.75, 3.05) is 5.73 Å². The van der Waals surface area contributed by atoms with Gasteiger partial charge in [-0.2, -0.15) is 0 Å². The molecule has 0 bridgehead atoms. The van der Waals surface area contributed by atoms with Gasteiger partial charge in [0, 0.05) is 11.8 Å².